The molecular formula is C11H10ClN3O2. The molecule has 2 rings (SSSR count). The Morgan fingerprint density at radius 2 is 2.29 bits per heavy atom. The summed E-state index contributed by atoms with van der Waals surface area (Å²) in [5.74, 6) is 0. The van der Waals surface area contributed by atoms with Crippen molar-refractivity contribution < 1.29 is 4.92 Å². The van der Waals surface area contributed by atoms with Crippen molar-refractivity contribution >= 4 is 17.3 Å². The van der Waals surface area contributed by atoms with Crippen LogP contribution in [0.4, 0.5) is 5.69 Å². The van der Waals surface area contributed by atoms with E-state index in [0.717, 1.165) is 5.56 Å². The lowest BCUT2D eigenvalue weighted by molar-refractivity contribution is -0.384. The summed E-state index contributed by atoms with van der Waals surface area (Å²) in [5, 5.41) is 10.9. The minimum atomic E-state index is -0.480. The van der Waals surface area contributed by atoms with Gasteiger partial charge in [-0.15, -0.1) is 0 Å². The fourth-order valence-electron chi connectivity index (χ4n) is 1.60. The summed E-state index contributed by atoms with van der Waals surface area (Å²) in [6.07, 6.45) is 5.15. The predicted octanol–water partition coefficient (Wildman–Crippen LogP) is 3.05. The molecule has 0 aliphatic heterocycles. The quantitative estimate of drug-likeness (QED) is 0.622. The highest BCUT2D eigenvalue weighted by Crippen LogP contribution is 2.28. The summed E-state index contributed by atoms with van der Waals surface area (Å²) in [6, 6.07) is 4.79. The summed E-state index contributed by atoms with van der Waals surface area (Å²) in [6.45, 7) is 1.94. The lowest BCUT2D eigenvalue weighted by Gasteiger charge is -2.13. The van der Waals surface area contributed by atoms with Crippen LogP contribution in [0, 0.1) is 10.1 Å². The lowest BCUT2D eigenvalue weighted by atomic mass is 10.1. The molecule has 0 bridgehead atoms. The second-order valence-electron chi connectivity index (χ2n) is 3.65. The highest BCUT2D eigenvalue weighted by atomic mass is 35.5. The third kappa shape index (κ3) is 2.29. The van der Waals surface area contributed by atoms with E-state index in [0.29, 0.717) is 0 Å². The van der Waals surface area contributed by atoms with Crippen LogP contribution in [0.2, 0.25) is 5.02 Å². The molecule has 1 unspecified atom stereocenters. The third-order valence-electron chi connectivity index (χ3n) is 2.62. The van der Waals surface area contributed by atoms with Crippen LogP contribution >= 0.6 is 11.6 Å². The van der Waals surface area contributed by atoms with Gasteiger partial charge < -0.3 is 4.57 Å². The Labute approximate surface area is 103 Å². The number of nitro groups is 1. The van der Waals surface area contributed by atoms with Gasteiger partial charge in [0.1, 0.15) is 5.02 Å². The Kier molecular flexibility index (Phi) is 3.10. The maximum atomic E-state index is 10.8. The van der Waals surface area contributed by atoms with Crippen LogP contribution in [0.5, 0.6) is 0 Å². The molecule has 88 valence electrons. The van der Waals surface area contributed by atoms with Crippen molar-refractivity contribution in [3.8, 4) is 0 Å². The van der Waals surface area contributed by atoms with Gasteiger partial charge in [-0.05, 0) is 18.6 Å². The van der Waals surface area contributed by atoms with Gasteiger partial charge in [-0.2, -0.15) is 0 Å². The lowest BCUT2D eigenvalue weighted by Crippen LogP contribution is -2.04. The number of nitrogens with zero attached hydrogens (tertiary/aromatic N) is 3. The SMILES string of the molecule is CC(c1ccc(Cl)c([N+](=O)[O-])c1)n1ccnc1. The van der Waals surface area contributed by atoms with Crippen LogP contribution in [0.3, 0.4) is 0 Å². The maximum Gasteiger partial charge on any atom is 0.288 e. The molecule has 0 saturated carbocycles. The summed E-state index contributed by atoms with van der Waals surface area (Å²) in [5.41, 5.74) is 0.746. The highest BCUT2D eigenvalue weighted by molar-refractivity contribution is 6.32. The first-order valence-electron chi connectivity index (χ1n) is 5.01. The summed E-state index contributed by atoms with van der Waals surface area (Å²) in [4.78, 5) is 14.3. The number of imidazole rings is 1. The first kappa shape index (κ1) is 11.6. The second-order valence-corrected chi connectivity index (χ2v) is 4.06. The van der Waals surface area contributed by atoms with E-state index in [1.807, 2.05) is 17.7 Å². The molecule has 0 saturated heterocycles. The smallest absolute Gasteiger partial charge is 0.288 e. The Hall–Kier alpha value is -1.88. The average Bonchev–Trinajstić information content (AvgIpc) is 2.81. The number of benzene rings is 1. The minimum absolute atomic E-state index is 0.0199. The number of aromatic nitrogens is 2. The zero-order valence-electron chi connectivity index (χ0n) is 9.08. The molecule has 17 heavy (non-hydrogen) atoms. The molecule has 0 fully saturated rings. The first-order valence-corrected chi connectivity index (χ1v) is 5.38. The van der Waals surface area contributed by atoms with Crippen molar-refractivity contribution in [3.05, 3.63) is 57.6 Å². The van der Waals surface area contributed by atoms with E-state index in [-0.39, 0.29) is 16.8 Å². The molecule has 0 spiro atoms. The topological polar surface area (TPSA) is 61.0 Å². The molecule has 1 aromatic carbocycles. The van der Waals surface area contributed by atoms with Crippen LogP contribution in [0.15, 0.2) is 36.9 Å². The highest BCUT2D eigenvalue weighted by Gasteiger charge is 2.16. The molecule has 0 aliphatic rings. The largest absolute Gasteiger partial charge is 0.330 e. The Morgan fingerprint density at radius 3 is 2.88 bits per heavy atom. The molecular weight excluding hydrogens is 242 g/mol. The number of rotatable bonds is 3. The van der Waals surface area contributed by atoms with Gasteiger partial charge in [0, 0.05) is 18.5 Å². The second kappa shape index (κ2) is 4.55. The molecule has 5 nitrogen and oxygen atoms in total. The van der Waals surface area contributed by atoms with Gasteiger partial charge in [-0.25, -0.2) is 4.98 Å². The van der Waals surface area contributed by atoms with Crippen molar-refractivity contribution in [1.29, 1.82) is 0 Å². The summed E-state index contributed by atoms with van der Waals surface area (Å²) < 4.78 is 1.87. The van der Waals surface area contributed by atoms with Crippen molar-refractivity contribution in [1.82, 2.24) is 9.55 Å². The molecule has 1 aromatic heterocycles. The zero-order chi connectivity index (χ0) is 12.4. The number of halogens is 1. The van der Waals surface area contributed by atoms with Crippen LogP contribution in [-0.4, -0.2) is 14.5 Å². The Balaban J connectivity index is 2.40. The van der Waals surface area contributed by atoms with Crippen molar-refractivity contribution in [2.75, 3.05) is 0 Å². The van der Waals surface area contributed by atoms with E-state index < -0.39 is 4.92 Å². The molecule has 0 radical (unpaired) electrons. The standard InChI is InChI=1S/C11H10ClN3O2/c1-8(14-5-4-13-7-14)9-2-3-10(12)11(6-9)15(16)17/h2-8H,1H3. The molecule has 0 N–H and O–H groups in total. The first-order chi connectivity index (χ1) is 8.09. The number of nitro benzene ring substituents is 1. The zero-order valence-corrected chi connectivity index (χ0v) is 9.83. The van der Waals surface area contributed by atoms with Gasteiger partial charge in [0.25, 0.3) is 5.69 Å². The average molecular weight is 252 g/mol. The monoisotopic (exact) mass is 251 g/mol. The van der Waals surface area contributed by atoms with Crippen molar-refractivity contribution in [2.24, 2.45) is 0 Å². The van der Waals surface area contributed by atoms with E-state index in [9.17, 15) is 10.1 Å². The van der Waals surface area contributed by atoms with Gasteiger partial charge >= 0.3 is 0 Å². The number of hydrogen-bond donors (Lipinski definition) is 0. The van der Waals surface area contributed by atoms with Crippen LogP contribution in [-0.2, 0) is 0 Å². The molecule has 2 aromatic rings. The van der Waals surface area contributed by atoms with Gasteiger partial charge in [0.2, 0.25) is 0 Å². The van der Waals surface area contributed by atoms with E-state index in [1.54, 1.807) is 24.7 Å². The fraction of sp³-hybridized carbons (Fsp3) is 0.182. The van der Waals surface area contributed by atoms with Crippen molar-refractivity contribution in [2.45, 2.75) is 13.0 Å². The molecule has 1 atom stereocenters. The molecule has 6 heteroatoms. The molecule has 0 aliphatic carbocycles. The van der Waals surface area contributed by atoms with Crippen molar-refractivity contribution in [3.63, 3.8) is 0 Å². The van der Waals surface area contributed by atoms with E-state index in [1.165, 1.54) is 6.07 Å². The minimum Gasteiger partial charge on any atom is -0.330 e. The van der Waals surface area contributed by atoms with Crippen LogP contribution in [0.25, 0.3) is 0 Å². The predicted molar refractivity (Wildman–Crippen MR) is 64.1 cm³/mol. The summed E-state index contributed by atoms with van der Waals surface area (Å²) in [7, 11) is 0. The third-order valence-corrected chi connectivity index (χ3v) is 2.94. The van der Waals surface area contributed by atoms with E-state index in [4.69, 9.17) is 11.6 Å². The van der Waals surface area contributed by atoms with Gasteiger partial charge in [0.05, 0.1) is 17.3 Å². The molecule has 0 amide bonds. The van der Waals surface area contributed by atoms with Gasteiger partial charge in [0.15, 0.2) is 0 Å². The maximum absolute atomic E-state index is 10.8. The van der Waals surface area contributed by atoms with Crippen LogP contribution in [0.1, 0.15) is 18.5 Å². The fourth-order valence-corrected chi connectivity index (χ4v) is 1.79. The Bertz CT molecular complexity index is 540. The van der Waals surface area contributed by atoms with E-state index in [2.05, 4.69) is 4.98 Å². The number of hydrogen-bond acceptors (Lipinski definition) is 3. The summed E-state index contributed by atoms with van der Waals surface area (Å²) >= 11 is 5.76. The normalized spacial score (nSPS) is 12.4. The van der Waals surface area contributed by atoms with E-state index >= 15 is 0 Å². The van der Waals surface area contributed by atoms with Gasteiger partial charge in [-0.1, -0.05) is 17.7 Å². The Morgan fingerprint density at radius 1 is 1.53 bits per heavy atom. The van der Waals surface area contributed by atoms with Gasteiger partial charge in [-0.3, -0.25) is 10.1 Å². The molecule has 1 heterocycles. The van der Waals surface area contributed by atoms with Crippen LogP contribution < -0.4 is 0 Å².